The summed E-state index contributed by atoms with van der Waals surface area (Å²) < 4.78 is 50.3. The van der Waals surface area contributed by atoms with Crippen LogP contribution in [0.1, 0.15) is 78.2 Å². The first-order valence-electron chi connectivity index (χ1n) is 18.8. The summed E-state index contributed by atoms with van der Waals surface area (Å²) in [4.78, 5) is 18.7. The average molecular weight is 716 g/mol. The highest BCUT2D eigenvalue weighted by atomic mass is 19.1. The Bertz CT molecular complexity index is 1960. The second-order valence-electron chi connectivity index (χ2n) is 14.3. The van der Waals surface area contributed by atoms with Crippen LogP contribution < -0.4 is 14.4 Å². The summed E-state index contributed by atoms with van der Waals surface area (Å²) in [6.45, 7) is 11.7. The number of aromatic nitrogens is 3. The standard InChI is InChI=1S/C36H37F2N5O4.C3H8.C2H6/c1-4-24-26(37)9-8-21-14-22(44)15-25(28(21)24)31-30(38)32-29(34(39-31)45-3)33(43-16-20-13-23(17-43)46-18-20)41-35(40-32)47-19-36-10-5-7-27(36)42(2)12-6-11-36;1-3-2;1-2/h1,8-9,14-15,20,23,27,44H,5-7,10-13,16-19H2,2-3H3;3H2,1-2H3;1-2H3. The number of piperidine rings is 2. The Morgan fingerprint density at radius 2 is 1.85 bits per heavy atom. The number of nitrogens with zero attached hydrogens (tertiary/aromatic N) is 5. The average Bonchev–Trinajstić information content (AvgIpc) is 3.74. The molecular formula is C41H51F2N5O4. The van der Waals surface area contributed by atoms with Crippen molar-refractivity contribution in [3.63, 3.8) is 0 Å². The van der Waals surface area contributed by atoms with Gasteiger partial charge in [0.1, 0.15) is 34.0 Å². The van der Waals surface area contributed by atoms with Crippen LogP contribution in [-0.4, -0.2) is 84.1 Å². The van der Waals surface area contributed by atoms with Crippen molar-refractivity contribution in [3.8, 4) is 41.2 Å². The summed E-state index contributed by atoms with van der Waals surface area (Å²) in [5.74, 6) is 1.70. The SMILES string of the molecule is C#Cc1c(F)ccc2cc(O)cc(-c3nc(OC)c4c(N5CC6COC(C6)C5)nc(OCC56CCCC5N(C)CCC6)nc4c3F)c12.CC.CCC. The van der Waals surface area contributed by atoms with E-state index in [0.29, 0.717) is 54.9 Å². The second kappa shape index (κ2) is 15.8. The third-order valence-electron chi connectivity index (χ3n) is 10.8. The van der Waals surface area contributed by atoms with Crippen LogP contribution in [0.15, 0.2) is 24.3 Å². The minimum Gasteiger partial charge on any atom is -0.508 e. The molecule has 4 aromatic rings. The Balaban J connectivity index is 0.000000884. The van der Waals surface area contributed by atoms with Crippen LogP contribution in [0.5, 0.6) is 17.6 Å². The molecule has 2 bridgehead atoms. The Morgan fingerprint density at radius 1 is 1.08 bits per heavy atom. The van der Waals surface area contributed by atoms with Gasteiger partial charge in [-0.15, -0.1) is 6.42 Å². The van der Waals surface area contributed by atoms with Crippen molar-refractivity contribution in [3.05, 3.63) is 41.5 Å². The molecule has 4 aliphatic rings. The zero-order valence-corrected chi connectivity index (χ0v) is 31.3. The number of phenolic OH excluding ortho intramolecular Hbond substituents is 1. The molecule has 0 radical (unpaired) electrons. The van der Waals surface area contributed by atoms with Gasteiger partial charge in [-0.3, -0.25) is 0 Å². The molecule has 3 aliphatic heterocycles. The van der Waals surface area contributed by atoms with Crippen molar-refractivity contribution >= 4 is 27.5 Å². The number of rotatable bonds is 6. The predicted molar refractivity (Wildman–Crippen MR) is 201 cm³/mol. The Morgan fingerprint density at radius 3 is 2.58 bits per heavy atom. The Labute approximate surface area is 305 Å². The number of likely N-dealkylation sites (tertiary alicyclic amines) is 1. The minimum absolute atomic E-state index is 0.0145. The Kier molecular flexibility index (Phi) is 11.4. The summed E-state index contributed by atoms with van der Waals surface area (Å²) >= 11 is 0. The van der Waals surface area contributed by atoms with E-state index >= 15 is 4.39 Å². The van der Waals surface area contributed by atoms with E-state index in [1.807, 2.05) is 13.8 Å². The number of phenols is 1. The molecule has 4 atom stereocenters. The van der Waals surface area contributed by atoms with Crippen LogP contribution in [0.2, 0.25) is 0 Å². The second-order valence-corrected chi connectivity index (χ2v) is 14.3. The quantitative estimate of drug-likeness (QED) is 0.199. The largest absolute Gasteiger partial charge is 0.508 e. The lowest BCUT2D eigenvalue weighted by Gasteiger charge is -2.44. The maximum absolute atomic E-state index is 17.1. The molecule has 1 saturated carbocycles. The fraction of sp³-hybridized carbons (Fsp3) is 0.537. The molecule has 2 aromatic heterocycles. The molecule has 11 heteroatoms. The number of pyridine rings is 1. The predicted octanol–water partition coefficient (Wildman–Crippen LogP) is 8.13. The molecule has 1 N–H and O–H groups in total. The van der Waals surface area contributed by atoms with Gasteiger partial charge in [-0.05, 0) is 69.3 Å². The van der Waals surface area contributed by atoms with E-state index < -0.39 is 11.6 Å². The fourth-order valence-corrected chi connectivity index (χ4v) is 8.70. The van der Waals surface area contributed by atoms with Crippen molar-refractivity contribution in [2.75, 3.05) is 51.9 Å². The first-order chi connectivity index (χ1) is 25.2. The molecular weight excluding hydrogens is 664 g/mol. The summed E-state index contributed by atoms with van der Waals surface area (Å²) in [7, 11) is 3.63. The van der Waals surface area contributed by atoms with E-state index in [9.17, 15) is 9.50 Å². The number of hydrogen-bond acceptors (Lipinski definition) is 9. The lowest BCUT2D eigenvalue weighted by atomic mass is 9.76. The lowest BCUT2D eigenvalue weighted by Crippen LogP contribution is -2.50. The van der Waals surface area contributed by atoms with Crippen LogP contribution in [0.4, 0.5) is 14.6 Å². The van der Waals surface area contributed by atoms with E-state index in [2.05, 4.69) is 46.6 Å². The number of ether oxygens (including phenoxy) is 3. The van der Waals surface area contributed by atoms with Crippen molar-refractivity contribution in [2.24, 2.45) is 11.3 Å². The van der Waals surface area contributed by atoms with Crippen molar-refractivity contribution < 1.29 is 28.1 Å². The molecule has 1 aliphatic carbocycles. The van der Waals surface area contributed by atoms with Gasteiger partial charge in [-0.1, -0.05) is 52.5 Å². The highest BCUT2D eigenvalue weighted by Crippen LogP contribution is 2.48. The first kappa shape index (κ1) is 37.5. The number of hydrogen-bond donors (Lipinski definition) is 1. The van der Waals surface area contributed by atoms with Gasteiger partial charge in [0.25, 0.3) is 0 Å². The van der Waals surface area contributed by atoms with Crippen LogP contribution in [0.3, 0.4) is 0 Å². The molecule has 0 spiro atoms. The van der Waals surface area contributed by atoms with Gasteiger partial charge in [0.05, 0.1) is 32.0 Å². The van der Waals surface area contributed by atoms with E-state index in [1.54, 1.807) is 0 Å². The summed E-state index contributed by atoms with van der Waals surface area (Å²) in [6, 6.07) is 5.99. The first-order valence-corrected chi connectivity index (χ1v) is 18.8. The third-order valence-corrected chi connectivity index (χ3v) is 10.8. The number of halogens is 2. The van der Waals surface area contributed by atoms with Crippen molar-refractivity contribution in [2.45, 2.75) is 84.8 Å². The summed E-state index contributed by atoms with van der Waals surface area (Å²) in [6.07, 6.45) is 13.5. The van der Waals surface area contributed by atoms with Gasteiger partial charge in [0, 0.05) is 41.4 Å². The van der Waals surface area contributed by atoms with Crippen molar-refractivity contribution in [1.29, 1.82) is 0 Å². The van der Waals surface area contributed by atoms with Gasteiger partial charge < -0.3 is 29.1 Å². The van der Waals surface area contributed by atoms with Crippen LogP contribution in [-0.2, 0) is 4.74 Å². The zero-order valence-electron chi connectivity index (χ0n) is 31.3. The Hall–Kier alpha value is -4.27. The molecule has 2 aromatic carbocycles. The number of methoxy groups -OCH3 is 1. The summed E-state index contributed by atoms with van der Waals surface area (Å²) in [5.41, 5.74) is -0.174. The van der Waals surface area contributed by atoms with Gasteiger partial charge >= 0.3 is 6.01 Å². The molecule has 9 nitrogen and oxygen atoms in total. The minimum atomic E-state index is -0.779. The van der Waals surface area contributed by atoms with Gasteiger partial charge in [0.2, 0.25) is 5.88 Å². The number of terminal acetylenes is 1. The van der Waals surface area contributed by atoms with Gasteiger partial charge in [0.15, 0.2) is 5.82 Å². The van der Waals surface area contributed by atoms with Gasteiger partial charge in [-0.2, -0.15) is 9.97 Å². The highest BCUT2D eigenvalue weighted by Gasteiger charge is 2.47. The molecule has 4 fully saturated rings. The number of aromatic hydroxyl groups is 1. The maximum Gasteiger partial charge on any atom is 0.319 e. The monoisotopic (exact) mass is 715 g/mol. The van der Waals surface area contributed by atoms with Crippen LogP contribution in [0, 0.1) is 35.3 Å². The number of fused-ring (bicyclic) bond motifs is 5. The highest BCUT2D eigenvalue weighted by molar-refractivity contribution is 6.04. The van der Waals surface area contributed by atoms with E-state index in [-0.39, 0.29) is 56.9 Å². The molecule has 52 heavy (non-hydrogen) atoms. The van der Waals surface area contributed by atoms with Crippen molar-refractivity contribution in [1.82, 2.24) is 19.9 Å². The molecule has 8 rings (SSSR count). The molecule has 0 amide bonds. The summed E-state index contributed by atoms with van der Waals surface area (Å²) in [5, 5.41) is 11.6. The number of benzene rings is 2. The van der Waals surface area contributed by atoms with Gasteiger partial charge in [-0.25, -0.2) is 13.8 Å². The maximum atomic E-state index is 17.1. The van der Waals surface area contributed by atoms with E-state index in [4.69, 9.17) is 25.6 Å². The topological polar surface area (TPSA) is 93.1 Å². The number of anilines is 1. The third kappa shape index (κ3) is 6.83. The molecule has 5 heterocycles. The molecule has 4 unspecified atom stereocenters. The molecule has 3 saturated heterocycles. The van der Waals surface area contributed by atoms with Crippen LogP contribution >= 0.6 is 0 Å². The normalized spacial score (nSPS) is 23.7. The van der Waals surface area contributed by atoms with E-state index in [1.165, 1.54) is 37.8 Å². The fourth-order valence-electron chi connectivity index (χ4n) is 8.70. The zero-order chi connectivity index (χ0) is 37.2. The molecule has 278 valence electrons. The van der Waals surface area contributed by atoms with E-state index in [0.717, 1.165) is 45.1 Å². The lowest BCUT2D eigenvalue weighted by molar-refractivity contribution is 0.0133. The van der Waals surface area contributed by atoms with Crippen LogP contribution in [0.25, 0.3) is 32.9 Å². The smallest absolute Gasteiger partial charge is 0.319 e.